The summed E-state index contributed by atoms with van der Waals surface area (Å²) in [5.41, 5.74) is 12.0. The van der Waals surface area contributed by atoms with Gasteiger partial charge in [0.2, 0.25) is 5.95 Å². The minimum atomic E-state index is -4.23. The van der Waals surface area contributed by atoms with E-state index in [-0.39, 0.29) is 28.7 Å². The van der Waals surface area contributed by atoms with Gasteiger partial charge >= 0.3 is 13.7 Å². The lowest BCUT2D eigenvalue weighted by Gasteiger charge is -2.25. The Labute approximate surface area is 223 Å². The van der Waals surface area contributed by atoms with Gasteiger partial charge in [0.15, 0.2) is 17.7 Å². The average molecular weight is 561 g/mol. The van der Waals surface area contributed by atoms with Crippen LogP contribution in [-0.4, -0.2) is 61.6 Å². The van der Waals surface area contributed by atoms with Crippen molar-refractivity contribution in [2.75, 3.05) is 18.1 Å². The number of nitrogens with zero attached hydrogens (tertiary/aromatic N) is 5. The molecule has 1 aromatic carbocycles. The van der Waals surface area contributed by atoms with Gasteiger partial charge in [0.25, 0.3) is 0 Å². The second-order valence-corrected chi connectivity index (χ2v) is 10.7. The van der Waals surface area contributed by atoms with Crippen molar-refractivity contribution in [3.8, 4) is 11.8 Å². The number of benzene rings is 1. The molecule has 6 N–H and O–H groups in total. The van der Waals surface area contributed by atoms with Gasteiger partial charge < -0.3 is 30.6 Å². The fraction of sp³-hybridized carbons (Fsp3) is 0.435. The van der Waals surface area contributed by atoms with Gasteiger partial charge in [0.1, 0.15) is 35.4 Å². The number of ether oxygens (including phenoxy) is 2. The maximum atomic E-state index is 13.7. The van der Waals surface area contributed by atoms with Crippen molar-refractivity contribution in [1.82, 2.24) is 24.6 Å². The molecule has 0 radical (unpaired) electrons. The Morgan fingerprint density at radius 3 is 2.67 bits per heavy atom. The monoisotopic (exact) mass is 560 g/mol. The molecular formula is C23H29N8O7P. The standard InChI is InChI=1S/C23H29N8O7P/c1-12(2)36-22(33)13(3)30-39(34,38-14-7-5-4-6-8-14)35-10-16-18(32)15(9-24)21(37-16)31-11-27-17-19(25)28-23(26)29-20(17)31/h4-8,11-13,15-16,18,21,32H,10H2,1-3H3,(H,30,34)(H4,25,26,28,29). The molecule has 0 spiro atoms. The molecular weight excluding hydrogens is 531 g/mol. The molecule has 39 heavy (non-hydrogen) atoms. The third-order valence-corrected chi connectivity index (χ3v) is 7.34. The summed E-state index contributed by atoms with van der Waals surface area (Å²) in [6, 6.07) is 9.14. The number of esters is 1. The predicted octanol–water partition coefficient (Wildman–Crippen LogP) is 1.52. The first-order valence-corrected chi connectivity index (χ1v) is 13.5. The van der Waals surface area contributed by atoms with Crippen LogP contribution in [0.25, 0.3) is 11.2 Å². The number of nitrogens with two attached hydrogens (primary N) is 2. The zero-order valence-electron chi connectivity index (χ0n) is 21.4. The molecule has 0 saturated carbocycles. The zero-order valence-corrected chi connectivity index (χ0v) is 22.3. The number of nitriles is 1. The SMILES string of the molecule is CC(C)OC(=O)C(C)NP(=O)(OCC1OC(n2cnc3c(N)nc(N)nc32)C(C#N)C1O)Oc1ccccc1. The Kier molecular flexibility index (Phi) is 8.34. The molecule has 0 bridgehead atoms. The number of hydrogen-bond acceptors (Lipinski definition) is 13. The number of para-hydroxylation sites is 1. The second-order valence-electron chi connectivity index (χ2n) is 9.04. The quantitative estimate of drug-likeness (QED) is 0.204. The third-order valence-electron chi connectivity index (χ3n) is 5.69. The van der Waals surface area contributed by atoms with E-state index in [4.69, 9.17) is 30.0 Å². The number of imidazole rings is 1. The number of aliphatic hydroxyl groups excluding tert-OH is 1. The fourth-order valence-corrected chi connectivity index (χ4v) is 5.41. The van der Waals surface area contributed by atoms with Crippen LogP contribution in [0.4, 0.5) is 11.8 Å². The van der Waals surface area contributed by atoms with Crippen LogP contribution >= 0.6 is 7.75 Å². The van der Waals surface area contributed by atoms with Crippen molar-refractivity contribution in [2.24, 2.45) is 5.92 Å². The van der Waals surface area contributed by atoms with Crippen molar-refractivity contribution < 1.29 is 33.0 Å². The summed E-state index contributed by atoms with van der Waals surface area (Å²) in [5.74, 6) is -1.61. The van der Waals surface area contributed by atoms with E-state index in [0.29, 0.717) is 0 Å². The Bertz CT molecular complexity index is 1410. The highest BCUT2D eigenvalue weighted by atomic mass is 31.2. The molecule has 208 valence electrons. The number of nitrogen functional groups attached to an aromatic ring is 2. The summed E-state index contributed by atoms with van der Waals surface area (Å²) in [4.78, 5) is 24.5. The van der Waals surface area contributed by atoms with Crippen molar-refractivity contribution in [2.45, 2.75) is 51.4 Å². The molecule has 3 heterocycles. The molecule has 1 aliphatic heterocycles. The van der Waals surface area contributed by atoms with Gasteiger partial charge in [-0.3, -0.25) is 13.9 Å². The molecule has 1 aliphatic rings. The topological polar surface area (TPSA) is 223 Å². The first-order chi connectivity index (χ1) is 18.5. The molecule has 4 rings (SSSR count). The Hall–Kier alpha value is -3.80. The lowest BCUT2D eigenvalue weighted by atomic mass is 10.0. The van der Waals surface area contributed by atoms with Gasteiger partial charge in [0, 0.05) is 0 Å². The summed E-state index contributed by atoms with van der Waals surface area (Å²) in [6.07, 6.45) is -2.59. The van der Waals surface area contributed by atoms with Crippen LogP contribution in [0.3, 0.4) is 0 Å². The van der Waals surface area contributed by atoms with Crippen LogP contribution in [0.1, 0.15) is 27.0 Å². The first kappa shape index (κ1) is 28.2. The molecule has 1 saturated heterocycles. The molecule has 0 amide bonds. The number of aliphatic hydroxyl groups is 1. The van der Waals surface area contributed by atoms with Gasteiger partial charge in [-0.25, -0.2) is 9.55 Å². The maximum Gasteiger partial charge on any atom is 0.459 e. The number of rotatable bonds is 10. The van der Waals surface area contributed by atoms with Gasteiger partial charge in [-0.2, -0.15) is 20.3 Å². The Morgan fingerprint density at radius 1 is 1.28 bits per heavy atom. The number of carbonyl (C=O) groups is 1. The van der Waals surface area contributed by atoms with Gasteiger partial charge in [-0.15, -0.1) is 0 Å². The normalized spacial score (nSPS) is 23.3. The summed E-state index contributed by atoms with van der Waals surface area (Å²) in [6.45, 7) is 4.34. The number of fused-ring (bicyclic) bond motifs is 1. The number of anilines is 2. The molecule has 2 aromatic heterocycles. The Balaban J connectivity index is 1.55. The second kappa shape index (κ2) is 11.5. The van der Waals surface area contributed by atoms with Crippen LogP contribution in [-0.2, 0) is 23.4 Å². The molecule has 15 nitrogen and oxygen atoms in total. The number of nitrogens with one attached hydrogen (secondary N) is 1. The minimum Gasteiger partial charge on any atom is -0.462 e. The average Bonchev–Trinajstić information content (AvgIpc) is 3.43. The van der Waals surface area contributed by atoms with E-state index in [0.717, 1.165) is 0 Å². The predicted molar refractivity (Wildman–Crippen MR) is 138 cm³/mol. The summed E-state index contributed by atoms with van der Waals surface area (Å²) < 4.78 is 37.5. The number of hydrogen-bond donors (Lipinski definition) is 4. The van der Waals surface area contributed by atoms with E-state index >= 15 is 0 Å². The number of carbonyl (C=O) groups excluding carboxylic acids is 1. The maximum absolute atomic E-state index is 13.7. The molecule has 6 atom stereocenters. The van der Waals surface area contributed by atoms with Crippen molar-refractivity contribution >= 4 is 36.6 Å². The van der Waals surface area contributed by atoms with E-state index in [2.05, 4.69) is 20.0 Å². The zero-order chi connectivity index (χ0) is 28.3. The number of aromatic nitrogens is 4. The fourth-order valence-electron chi connectivity index (χ4n) is 3.91. The Morgan fingerprint density at radius 2 is 2.00 bits per heavy atom. The molecule has 16 heteroatoms. The lowest BCUT2D eigenvalue weighted by molar-refractivity contribution is -0.149. The molecule has 1 fully saturated rings. The van der Waals surface area contributed by atoms with Crippen molar-refractivity contribution in [3.05, 3.63) is 36.7 Å². The van der Waals surface area contributed by atoms with Crippen LogP contribution in [0.15, 0.2) is 36.7 Å². The molecule has 0 aliphatic carbocycles. The highest BCUT2D eigenvalue weighted by Gasteiger charge is 2.47. The van der Waals surface area contributed by atoms with Crippen molar-refractivity contribution in [3.63, 3.8) is 0 Å². The van der Waals surface area contributed by atoms with Crippen LogP contribution in [0, 0.1) is 17.2 Å². The minimum absolute atomic E-state index is 0.0402. The van der Waals surface area contributed by atoms with Crippen LogP contribution in [0.5, 0.6) is 5.75 Å². The summed E-state index contributed by atoms with van der Waals surface area (Å²) >= 11 is 0. The van der Waals surface area contributed by atoms with E-state index in [1.165, 1.54) is 17.8 Å². The lowest BCUT2D eigenvalue weighted by Crippen LogP contribution is -2.37. The highest BCUT2D eigenvalue weighted by molar-refractivity contribution is 7.52. The van der Waals surface area contributed by atoms with Gasteiger partial charge in [-0.05, 0) is 32.9 Å². The largest absolute Gasteiger partial charge is 0.462 e. The third kappa shape index (κ3) is 6.27. The van der Waals surface area contributed by atoms with E-state index < -0.39 is 56.8 Å². The van der Waals surface area contributed by atoms with Gasteiger partial charge in [-0.1, -0.05) is 18.2 Å². The van der Waals surface area contributed by atoms with Crippen LogP contribution in [0.2, 0.25) is 0 Å². The summed E-state index contributed by atoms with van der Waals surface area (Å²) in [7, 11) is -4.23. The van der Waals surface area contributed by atoms with Crippen LogP contribution < -0.4 is 21.1 Å². The van der Waals surface area contributed by atoms with E-state index in [9.17, 15) is 19.7 Å². The van der Waals surface area contributed by atoms with E-state index in [1.807, 2.05) is 6.07 Å². The van der Waals surface area contributed by atoms with Gasteiger partial charge in [0.05, 0.1) is 25.1 Å². The smallest absolute Gasteiger partial charge is 0.459 e. The van der Waals surface area contributed by atoms with E-state index in [1.54, 1.807) is 44.2 Å². The van der Waals surface area contributed by atoms with Crippen molar-refractivity contribution in [1.29, 1.82) is 5.26 Å². The summed E-state index contributed by atoms with van der Waals surface area (Å²) in [5, 5.41) is 23.2. The molecule has 6 unspecified atom stereocenters. The molecule has 3 aromatic rings. The highest BCUT2D eigenvalue weighted by Crippen LogP contribution is 2.46. The first-order valence-electron chi connectivity index (χ1n) is 12.0.